The number of hydrogen-bond donors (Lipinski definition) is 3. The maximum absolute atomic E-state index is 11.9. The number of urea groups is 1. The molecule has 1 fully saturated rings. The van der Waals surface area contributed by atoms with Gasteiger partial charge in [-0.05, 0) is 19.3 Å². The largest absolute Gasteiger partial charge is 0.393 e. The van der Waals surface area contributed by atoms with Gasteiger partial charge < -0.3 is 20.3 Å². The van der Waals surface area contributed by atoms with Gasteiger partial charge in [-0.2, -0.15) is 0 Å². The van der Waals surface area contributed by atoms with E-state index in [0.717, 1.165) is 55.5 Å². The molecule has 1 aliphatic rings. The molecule has 2 rings (SSSR count). The molecule has 0 aromatic carbocycles. The van der Waals surface area contributed by atoms with Gasteiger partial charge in [-0.15, -0.1) is 0 Å². The van der Waals surface area contributed by atoms with E-state index < -0.39 is 0 Å². The molecular weight excluding hydrogens is 282 g/mol. The highest BCUT2D eigenvalue weighted by Gasteiger charge is 2.23. The molecule has 3 N–H and O–H groups in total. The van der Waals surface area contributed by atoms with Gasteiger partial charge in [0.1, 0.15) is 5.76 Å². The van der Waals surface area contributed by atoms with Crippen molar-refractivity contribution < 1.29 is 14.4 Å². The minimum atomic E-state index is -0.287. The maximum atomic E-state index is 11.9. The average molecular weight is 309 g/mol. The van der Waals surface area contributed by atoms with Crippen molar-refractivity contribution in [2.75, 3.05) is 6.54 Å². The summed E-state index contributed by atoms with van der Waals surface area (Å²) >= 11 is 0. The number of rotatable bonds is 6. The Bertz CT molecular complexity index is 465. The summed E-state index contributed by atoms with van der Waals surface area (Å²) in [7, 11) is 0. The first kappa shape index (κ1) is 16.8. The fourth-order valence-electron chi connectivity index (χ4n) is 3.02. The fourth-order valence-corrected chi connectivity index (χ4v) is 3.02. The minimum Gasteiger partial charge on any atom is -0.393 e. The highest BCUT2D eigenvalue weighted by Crippen LogP contribution is 2.23. The topological polar surface area (TPSA) is 87.4 Å². The van der Waals surface area contributed by atoms with E-state index in [2.05, 4.69) is 15.8 Å². The molecule has 22 heavy (non-hydrogen) atoms. The zero-order valence-corrected chi connectivity index (χ0v) is 13.5. The monoisotopic (exact) mass is 309 g/mol. The number of nitrogens with one attached hydrogen (secondary N) is 2. The first-order valence-electron chi connectivity index (χ1n) is 8.31. The summed E-state index contributed by atoms with van der Waals surface area (Å²) in [4.78, 5) is 11.9. The molecule has 0 bridgehead atoms. The van der Waals surface area contributed by atoms with Crippen molar-refractivity contribution in [3.63, 3.8) is 0 Å². The van der Waals surface area contributed by atoms with E-state index in [1.54, 1.807) is 0 Å². The second kappa shape index (κ2) is 8.17. The first-order valence-corrected chi connectivity index (χ1v) is 8.31. The molecular formula is C16H27N3O3. The Balaban J connectivity index is 1.79. The van der Waals surface area contributed by atoms with Crippen LogP contribution in [0.2, 0.25) is 0 Å². The number of hydrogen-bond acceptors (Lipinski definition) is 4. The van der Waals surface area contributed by atoms with Gasteiger partial charge >= 0.3 is 6.03 Å². The molecule has 1 heterocycles. The first-order chi connectivity index (χ1) is 10.7. The molecule has 6 nitrogen and oxygen atoms in total. The van der Waals surface area contributed by atoms with Crippen molar-refractivity contribution in [1.82, 2.24) is 15.8 Å². The smallest absolute Gasteiger partial charge is 0.315 e. The van der Waals surface area contributed by atoms with E-state index in [1.807, 2.05) is 13.8 Å². The lowest BCUT2D eigenvalue weighted by molar-refractivity contribution is 0.0709. The molecule has 124 valence electrons. The Hall–Kier alpha value is -1.56. The van der Waals surface area contributed by atoms with Crippen LogP contribution in [0.15, 0.2) is 4.52 Å². The summed E-state index contributed by atoms with van der Waals surface area (Å²) in [6, 6.07) is -0.205. The normalized spacial score (nSPS) is 21.6. The van der Waals surface area contributed by atoms with Crippen LogP contribution in [0, 0.1) is 5.92 Å². The molecule has 6 heteroatoms. The second-order valence-corrected chi connectivity index (χ2v) is 5.91. The number of carbonyl (C=O) groups excluding carboxylic acids is 1. The molecule has 2 atom stereocenters. The number of aromatic nitrogens is 1. The van der Waals surface area contributed by atoms with Gasteiger partial charge in [0.05, 0.1) is 11.8 Å². The second-order valence-electron chi connectivity index (χ2n) is 5.91. The van der Waals surface area contributed by atoms with Crippen LogP contribution >= 0.6 is 0 Å². The van der Waals surface area contributed by atoms with Crippen LogP contribution in [0.4, 0.5) is 4.79 Å². The number of carbonyl (C=O) groups is 1. The van der Waals surface area contributed by atoms with Crippen molar-refractivity contribution in [3.05, 3.63) is 17.0 Å². The van der Waals surface area contributed by atoms with Crippen molar-refractivity contribution >= 4 is 6.03 Å². The van der Waals surface area contributed by atoms with E-state index in [4.69, 9.17) is 4.52 Å². The van der Waals surface area contributed by atoms with Crippen LogP contribution in [0.1, 0.15) is 56.5 Å². The van der Waals surface area contributed by atoms with Crippen molar-refractivity contribution in [3.8, 4) is 0 Å². The molecule has 0 aliphatic heterocycles. The lowest BCUT2D eigenvalue weighted by Crippen LogP contribution is -2.41. The van der Waals surface area contributed by atoms with Crippen molar-refractivity contribution in [2.45, 2.75) is 65.0 Å². The zero-order valence-electron chi connectivity index (χ0n) is 13.5. The van der Waals surface area contributed by atoms with Gasteiger partial charge in [-0.1, -0.05) is 31.8 Å². The highest BCUT2D eigenvalue weighted by atomic mass is 16.5. The Kier molecular flexibility index (Phi) is 6.24. The highest BCUT2D eigenvalue weighted by molar-refractivity contribution is 5.73. The zero-order chi connectivity index (χ0) is 15.9. The molecule has 0 spiro atoms. The van der Waals surface area contributed by atoms with Crippen molar-refractivity contribution in [2.24, 2.45) is 5.92 Å². The van der Waals surface area contributed by atoms with Gasteiger partial charge in [0.25, 0.3) is 0 Å². The van der Waals surface area contributed by atoms with Gasteiger partial charge in [0.15, 0.2) is 0 Å². The Labute approximate surface area is 131 Å². The van der Waals surface area contributed by atoms with Crippen LogP contribution in [-0.2, 0) is 19.4 Å². The lowest BCUT2D eigenvalue weighted by atomic mass is 9.86. The third-order valence-electron chi connectivity index (χ3n) is 4.43. The summed E-state index contributed by atoms with van der Waals surface area (Å²) in [6.45, 7) is 4.98. The summed E-state index contributed by atoms with van der Waals surface area (Å²) in [5, 5.41) is 19.7. The Morgan fingerprint density at radius 1 is 1.27 bits per heavy atom. The quantitative estimate of drug-likeness (QED) is 0.751. The van der Waals surface area contributed by atoms with Gasteiger partial charge in [0, 0.05) is 31.0 Å². The van der Waals surface area contributed by atoms with E-state index in [-0.39, 0.29) is 18.1 Å². The number of nitrogens with zero attached hydrogens (tertiary/aromatic N) is 1. The van der Waals surface area contributed by atoms with Crippen molar-refractivity contribution in [1.29, 1.82) is 0 Å². The van der Waals surface area contributed by atoms with E-state index in [0.29, 0.717) is 13.1 Å². The molecule has 1 aliphatic carbocycles. The third kappa shape index (κ3) is 4.22. The van der Waals surface area contributed by atoms with Crippen LogP contribution in [0.3, 0.4) is 0 Å². The Morgan fingerprint density at radius 2 is 2.05 bits per heavy atom. The molecule has 0 radical (unpaired) electrons. The predicted molar refractivity (Wildman–Crippen MR) is 83.5 cm³/mol. The SMILES string of the molecule is CCc1noc(CC)c1CNC(=O)NC[C@H]1CCCC[C@@H]1O. The lowest BCUT2D eigenvalue weighted by Gasteiger charge is -2.27. The summed E-state index contributed by atoms with van der Waals surface area (Å²) < 4.78 is 5.28. The van der Waals surface area contributed by atoms with Gasteiger partial charge in [-0.25, -0.2) is 4.79 Å². The molecule has 1 saturated carbocycles. The van der Waals surface area contributed by atoms with E-state index >= 15 is 0 Å². The third-order valence-corrected chi connectivity index (χ3v) is 4.43. The summed E-state index contributed by atoms with van der Waals surface area (Å²) in [5.41, 5.74) is 1.89. The Morgan fingerprint density at radius 3 is 2.73 bits per heavy atom. The number of aliphatic hydroxyl groups excluding tert-OH is 1. The minimum absolute atomic E-state index is 0.174. The molecule has 1 aromatic rings. The van der Waals surface area contributed by atoms with E-state index in [9.17, 15) is 9.90 Å². The van der Waals surface area contributed by atoms with Gasteiger partial charge in [0.2, 0.25) is 0 Å². The predicted octanol–water partition coefficient (Wildman–Crippen LogP) is 2.15. The van der Waals surface area contributed by atoms with Crippen LogP contribution < -0.4 is 10.6 Å². The molecule has 0 saturated heterocycles. The van der Waals surface area contributed by atoms with Crippen LogP contribution in [-0.4, -0.2) is 28.9 Å². The number of aryl methyl sites for hydroxylation is 2. The molecule has 2 amide bonds. The van der Waals surface area contributed by atoms with Gasteiger partial charge in [-0.3, -0.25) is 0 Å². The van der Waals surface area contributed by atoms with Crippen LogP contribution in [0.25, 0.3) is 0 Å². The van der Waals surface area contributed by atoms with E-state index in [1.165, 1.54) is 0 Å². The number of amides is 2. The standard InChI is InChI=1S/C16H27N3O3/c1-3-13-12(15(4-2)22-19-13)10-18-16(21)17-9-11-7-5-6-8-14(11)20/h11,14,20H,3-10H2,1-2H3,(H2,17,18,21)/t11-,14+/m1/s1. The number of aliphatic hydroxyl groups is 1. The average Bonchev–Trinajstić information content (AvgIpc) is 2.94. The maximum Gasteiger partial charge on any atom is 0.315 e. The fraction of sp³-hybridized carbons (Fsp3) is 0.750. The molecule has 0 unspecified atom stereocenters. The summed E-state index contributed by atoms with van der Waals surface area (Å²) in [6.07, 6.45) is 5.30. The molecule has 1 aromatic heterocycles. The van der Waals surface area contributed by atoms with Crippen LogP contribution in [0.5, 0.6) is 0 Å². The summed E-state index contributed by atoms with van der Waals surface area (Å²) in [5.74, 6) is 1.01.